The Hall–Kier alpha value is -1.98. The second kappa shape index (κ2) is 4.04. The van der Waals surface area contributed by atoms with Crippen LogP contribution in [0.15, 0.2) is 6.20 Å². The molecule has 1 atom stereocenters. The fraction of sp³-hybridized carbons (Fsp3) is 0.500. The van der Waals surface area contributed by atoms with Crippen LogP contribution < -0.4 is 9.80 Å². The Morgan fingerprint density at radius 3 is 2.50 bits per heavy atom. The van der Waals surface area contributed by atoms with Crippen molar-refractivity contribution in [2.45, 2.75) is 19.9 Å². The van der Waals surface area contributed by atoms with Crippen LogP contribution in [0.1, 0.15) is 24.3 Å². The molecule has 1 unspecified atom stereocenters. The molecule has 1 N–H and O–H groups in total. The number of hydrogen-bond acceptors (Lipinski definition) is 3. The molecule has 2 heterocycles. The molecule has 1 aliphatic rings. The Balaban J connectivity index is 2.66. The van der Waals surface area contributed by atoms with Crippen LogP contribution in [0.5, 0.6) is 0 Å². The van der Waals surface area contributed by atoms with Gasteiger partial charge in [0.1, 0.15) is 0 Å². The van der Waals surface area contributed by atoms with Gasteiger partial charge in [-0.1, -0.05) is 0 Å². The lowest BCUT2D eigenvalue weighted by Gasteiger charge is -2.38. The first-order valence-corrected chi connectivity index (χ1v) is 5.78. The molecule has 0 spiro atoms. The Morgan fingerprint density at radius 2 is 2.00 bits per heavy atom. The summed E-state index contributed by atoms with van der Waals surface area (Å²) in [6.45, 7) is 4.04. The minimum absolute atomic E-state index is 0.0706. The molecule has 1 aromatic heterocycles. The van der Waals surface area contributed by atoms with E-state index in [-0.39, 0.29) is 17.6 Å². The van der Waals surface area contributed by atoms with E-state index in [4.69, 9.17) is 0 Å². The second-order valence-corrected chi connectivity index (χ2v) is 4.72. The molecular formula is C12H17N3O3. The lowest BCUT2D eigenvalue weighted by atomic mass is 10.1. The average molecular weight is 251 g/mol. The molecule has 0 saturated carbocycles. The van der Waals surface area contributed by atoms with Gasteiger partial charge in [-0.15, -0.1) is 0 Å². The van der Waals surface area contributed by atoms with Crippen molar-refractivity contribution < 1.29 is 14.7 Å². The molecule has 98 valence electrons. The summed E-state index contributed by atoms with van der Waals surface area (Å²) >= 11 is 0. The summed E-state index contributed by atoms with van der Waals surface area (Å²) in [7, 11) is 3.53. The van der Waals surface area contributed by atoms with E-state index in [1.54, 1.807) is 22.7 Å². The lowest BCUT2D eigenvalue weighted by Crippen LogP contribution is -2.47. The molecule has 0 aromatic carbocycles. The Bertz CT molecular complexity index is 521. The largest absolute Gasteiger partial charge is 0.477 e. The van der Waals surface area contributed by atoms with E-state index in [9.17, 15) is 14.7 Å². The SMILES string of the molecule is CC(=O)N1CC(C)N(C)c2c1cn(C)c2C(=O)O. The van der Waals surface area contributed by atoms with Crippen molar-refractivity contribution in [2.24, 2.45) is 7.05 Å². The molecule has 1 aliphatic heterocycles. The maximum Gasteiger partial charge on any atom is 0.354 e. The van der Waals surface area contributed by atoms with Gasteiger partial charge in [-0.3, -0.25) is 4.79 Å². The topological polar surface area (TPSA) is 65.8 Å². The van der Waals surface area contributed by atoms with Gasteiger partial charge in [0.2, 0.25) is 5.91 Å². The molecule has 1 aromatic rings. The van der Waals surface area contributed by atoms with Gasteiger partial charge < -0.3 is 19.5 Å². The zero-order valence-electron chi connectivity index (χ0n) is 11.0. The summed E-state index contributed by atoms with van der Waals surface area (Å²) in [5, 5.41) is 9.29. The highest BCUT2D eigenvalue weighted by molar-refractivity contribution is 6.03. The van der Waals surface area contributed by atoms with Crippen molar-refractivity contribution in [2.75, 3.05) is 23.4 Å². The molecule has 0 fully saturated rings. The van der Waals surface area contributed by atoms with Crippen molar-refractivity contribution in [1.82, 2.24) is 4.57 Å². The van der Waals surface area contributed by atoms with E-state index in [1.807, 2.05) is 18.9 Å². The molecule has 18 heavy (non-hydrogen) atoms. The van der Waals surface area contributed by atoms with Crippen LogP contribution in [0.2, 0.25) is 0 Å². The first kappa shape index (κ1) is 12.5. The standard InChI is InChI=1S/C12H17N3O3/c1-7-5-15(8(2)16)9-6-13(3)11(12(17)18)10(9)14(7)4/h6-7H,5H2,1-4H3,(H,17,18). The third-order valence-electron chi connectivity index (χ3n) is 3.47. The molecule has 2 rings (SSSR count). The zero-order valence-corrected chi connectivity index (χ0v) is 11.0. The number of likely N-dealkylation sites (N-methyl/N-ethyl adjacent to an activating group) is 1. The average Bonchev–Trinajstić information content (AvgIpc) is 2.60. The van der Waals surface area contributed by atoms with E-state index < -0.39 is 5.97 Å². The maximum absolute atomic E-state index is 11.7. The smallest absolute Gasteiger partial charge is 0.354 e. The van der Waals surface area contributed by atoms with Gasteiger partial charge in [-0.25, -0.2) is 4.79 Å². The number of carbonyl (C=O) groups excluding carboxylic acids is 1. The summed E-state index contributed by atoms with van der Waals surface area (Å²) in [6.07, 6.45) is 1.70. The van der Waals surface area contributed by atoms with Gasteiger partial charge in [0, 0.05) is 39.8 Å². The van der Waals surface area contributed by atoms with Crippen molar-refractivity contribution in [3.8, 4) is 0 Å². The van der Waals surface area contributed by atoms with Crippen LogP contribution in [0.4, 0.5) is 11.4 Å². The van der Waals surface area contributed by atoms with Gasteiger partial charge in [-0.05, 0) is 6.92 Å². The fourth-order valence-corrected chi connectivity index (χ4v) is 2.40. The molecular weight excluding hydrogens is 234 g/mol. The monoisotopic (exact) mass is 251 g/mol. The van der Waals surface area contributed by atoms with Crippen LogP contribution in [-0.2, 0) is 11.8 Å². The fourth-order valence-electron chi connectivity index (χ4n) is 2.40. The molecule has 6 heteroatoms. The number of aromatic carboxylic acids is 1. The highest BCUT2D eigenvalue weighted by Crippen LogP contribution is 2.38. The number of carboxylic acid groups (broad SMARTS) is 1. The second-order valence-electron chi connectivity index (χ2n) is 4.72. The minimum Gasteiger partial charge on any atom is -0.477 e. The number of amides is 1. The predicted octanol–water partition coefficient (Wildman–Crippen LogP) is 0.914. The van der Waals surface area contributed by atoms with E-state index in [1.165, 1.54) is 6.92 Å². The summed E-state index contributed by atoms with van der Waals surface area (Å²) in [6, 6.07) is 0.0851. The number of aromatic nitrogens is 1. The van der Waals surface area contributed by atoms with E-state index in [0.29, 0.717) is 17.9 Å². The van der Waals surface area contributed by atoms with Crippen molar-refractivity contribution in [3.05, 3.63) is 11.9 Å². The summed E-state index contributed by atoms with van der Waals surface area (Å²) < 4.78 is 1.55. The number of aryl methyl sites for hydroxylation is 1. The van der Waals surface area contributed by atoms with Crippen molar-refractivity contribution >= 4 is 23.3 Å². The predicted molar refractivity (Wildman–Crippen MR) is 68.3 cm³/mol. The van der Waals surface area contributed by atoms with Gasteiger partial charge in [0.15, 0.2) is 5.69 Å². The quantitative estimate of drug-likeness (QED) is 0.806. The molecule has 6 nitrogen and oxygen atoms in total. The zero-order chi connectivity index (χ0) is 13.6. The lowest BCUT2D eigenvalue weighted by molar-refractivity contribution is -0.116. The van der Waals surface area contributed by atoms with Crippen LogP contribution >= 0.6 is 0 Å². The third-order valence-corrected chi connectivity index (χ3v) is 3.47. The van der Waals surface area contributed by atoms with E-state index >= 15 is 0 Å². The van der Waals surface area contributed by atoms with E-state index in [0.717, 1.165) is 0 Å². The number of nitrogens with zero attached hydrogens (tertiary/aromatic N) is 3. The normalized spacial score (nSPS) is 18.8. The highest BCUT2D eigenvalue weighted by atomic mass is 16.4. The highest BCUT2D eigenvalue weighted by Gasteiger charge is 2.34. The summed E-state index contributed by atoms with van der Waals surface area (Å²) in [5.41, 5.74) is 1.49. The van der Waals surface area contributed by atoms with Crippen LogP contribution in [0, 0.1) is 0 Å². The Morgan fingerprint density at radius 1 is 1.39 bits per heavy atom. The molecule has 0 bridgehead atoms. The first-order chi connectivity index (χ1) is 8.34. The van der Waals surface area contributed by atoms with Gasteiger partial charge >= 0.3 is 5.97 Å². The maximum atomic E-state index is 11.7. The number of carboxylic acids is 1. The number of rotatable bonds is 1. The Kier molecular flexibility index (Phi) is 2.80. The number of hydrogen-bond donors (Lipinski definition) is 1. The van der Waals surface area contributed by atoms with Crippen LogP contribution in [-0.4, -0.2) is 41.2 Å². The van der Waals surface area contributed by atoms with Crippen molar-refractivity contribution in [1.29, 1.82) is 0 Å². The number of anilines is 2. The molecule has 0 radical (unpaired) electrons. The van der Waals surface area contributed by atoms with Gasteiger partial charge in [0.05, 0.1) is 11.4 Å². The number of fused-ring (bicyclic) bond motifs is 1. The van der Waals surface area contributed by atoms with Gasteiger partial charge in [-0.2, -0.15) is 0 Å². The first-order valence-electron chi connectivity index (χ1n) is 5.78. The Labute approximate surface area is 105 Å². The van der Waals surface area contributed by atoms with Gasteiger partial charge in [0.25, 0.3) is 0 Å². The number of carbonyl (C=O) groups is 2. The summed E-state index contributed by atoms with van der Waals surface area (Å²) in [4.78, 5) is 26.5. The van der Waals surface area contributed by atoms with Crippen LogP contribution in [0.25, 0.3) is 0 Å². The van der Waals surface area contributed by atoms with Crippen LogP contribution in [0.3, 0.4) is 0 Å². The van der Waals surface area contributed by atoms with Crippen molar-refractivity contribution in [3.63, 3.8) is 0 Å². The molecule has 0 saturated heterocycles. The minimum atomic E-state index is -0.983. The summed E-state index contributed by atoms with van der Waals surface area (Å²) in [5.74, 6) is -1.05. The third kappa shape index (κ3) is 1.64. The molecule has 1 amide bonds. The molecule has 0 aliphatic carbocycles. The van der Waals surface area contributed by atoms with E-state index in [2.05, 4.69) is 0 Å².